The predicted octanol–water partition coefficient (Wildman–Crippen LogP) is 2.38. The Labute approximate surface area is 147 Å². The van der Waals surface area contributed by atoms with Gasteiger partial charge in [0, 0.05) is 31.9 Å². The molecule has 4 rings (SSSR count). The van der Waals surface area contributed by atoms with Crippen molar-refractivity contribution in [1.29, 1.82) is 0 Å². The minimum Gasteiger partial charge on any atom is -0.361 e. The number of imidazole rings is 1. The highest BCUT2D eigenvalue weighted by Gasteiger charge is 2.19. The SMILES string of the molecule is CN(C)c1ncnc2c1nc(-c1cccc(F)c1)n2-c1ccc(=O)[nH]c1. The summed E-state index contributed by atoms with van der Waals surface area (Å²) in [6.07, 6.45) is 3.03. The molecule has 0 saturated heterocycles. The molecule has 0 amide bonds. The smallest absolute Gasteiger partial charge is 0.248 e. The van der Waals surface area contributed by atoms with Gasteiger partial charge in [0.15, 0.2) is 17.0 Å². The summed E-state index contributed by atoms with van der Waals surface area (Å²) in [6, 6.07) is 9.27. The van der Waals surface area contributed by atoms with E-state index in [4.69, 9.17) is 0 Å². The Bertz CT molecular complexity index is 1140. The van der Waals surface area contributed by atoms with Gasteiger partial charge in [-0.2, -0.15) is 0 Å². The van der Waals surface area contributed by atoms with Crippen LogP contribution in [0.1, 0.15) is 0 Å². The monoisotopic (exact) mass is 350 g/mol. The number of hydrogen-bond acceptors (Lipinski definition) is 5. The number of pyridine rings is 1. The molecule has 0 unspecified atom stereocenters. The molecule has 3 heterocycles. The molecular formula is C18H15FN6O. The highest BCUT2D eigenvalue weighted by molar-refractivity contribution is 5.88. The maximum atomic E-state index is 13.8. The summed E-state index contributed by atoms with van der Waals surface area (Å²) in [4.78, 5) is 29.3. The van der Waals surface area contributed by atoms with Gasteiger partial charge < -0.3 is 9.88 Å². The lowest BCUT2D eigenvalue weighted by Gasteiger charge is -2.11. The quantitative estimate of drug-likeness (QED) is 0.614. The Balaban J connectivity index is 2.09. The number of rotatable bonds is 3. The van der Waals surface area contributed by atoms with E-state index in [9.17, 15) is 9.18 Å². The van der Waals surface area contributed by atoms with Crippen molar-refractivity contribution >= 4 is 17.0 Å². The van der Waals surface area contributed by atoms with Gasteiger partial charge in [-0.25, -0.2) is 19.3 Å². The van der Waals surface area contributed by atoms with E-state index in [0.29, 0.717) is 34.1 Å². The molecule has 26 heavy (non-hydrogen) atoms. The number of nitrogens with zero attached hydrogens (tertiary/aromatic N) is 5. The van der Waals surface area contributed by atoms with Crippen LogP contribution in [0.2, 0.25) is 0 Å². The number of anilines is 1. The van der Waals surface area contributed by atoms with Gasteiger partial charge in [-0.15, -0.1) is 0 Å². The minimum atomic E-state index is -0.360. The number of hydrogen-bond donors (Lipinski definition) is 1. The fourth-order valence-electron chi connectivity index (χ4n) is 2.81. The lowest BCUT2D eigenvalue weighted by molar-refractivity contribution is 0.628. The van der Waals surface area contributed by atoms with Gasteiger partial charge in [0.05, 0.1) is 5.69 Å². The average molecular weight is 350 g/mol. The van der Waals surface area contributed by atoms with E-state index in [2.05, 4.69) is 19.9 Å². The van der Waals surface area contributed by atoms with E-state index in [1.165, 1.54) is 24.5 Å². The molecule has 0 aliphatic rings. The third-order valence-electron chi connectivity index (χ3n) is 3.96. The van der Waals surface area contributed by atoms with E-state index in [1.54, 1.807) is 29.0 Å². The van der Waals surface area contributed by atoms with Crippen LogP contribution >= 0.6 is 0 Å². The van der Waals surface area contributed by atoms with Crippen LogP contribution < -0.4 is 10.5 Å². The Hall–Kier alpha value is -3.55. The van der Waals surface area contributed by atoms with Crippen molar-refractivity contribution < 1.29 is 4.39 Å². The maximum Gasteiger partial charge on any atom is 0.248 e. The Morgan fingerprint density at radius 3 is 2.69 bits per heavy atom. The molecule has 0 aliphatic heterocycles. The lowest BCUT2D eigenvalue weighted by atomic mass is 10.2. The molecule has 0 spiro atoms. The molecule has 0 atom stereocenters. The summed E-state index contributed by atoms with van der Waals surface area (Å²) in [7, 11) is 3.73. The number of benzene rings is 1. The van der Waals surface area contributed by atoms with Crippen molar-refractivity contribution in [3.8, 4) is 17.1 Å². The first-order chi connectivity index (χ1) is 12.5. The molecule has 130 valence electrons. The fourth-order valence-corrected chi connectivity index (χ4v) is 2.81. The lowest BCUT2D eigenvalue weighted by Crippen LogP contribution is -2.11. The number of fused-ring (bicyclic) bond motifs is 1. The van der Waals surface area contributed by atoms with Crippen LogP contribution in [-0.2, 0) is 0 Å². The summed E-state index contributed by atoms with van der Waals surface area (Å²) >= 11 is 0. The second kappa shape index (κ2) is 6.07. The van der Waals surface area contributed by atoms with Gasteiger partial charge in [-0.05, 0) is 18.2 Å². The molecule has 4 aromatic rings. The maximum absolute atomic E-state index is 13.8. The van der Waals surface area contributed by atoms with Crippen LogP contribution in [-0.4, -0.2) is 38.6 Å². The molecule has 8 heteroatoms. The van der Waals surface area contributed by atoms with Crippen molar-refractivity contribution in [2.75, 3.05) is 19.0 Å². The van der Waals surface area contributed by atoms with Gasteiger partial charge in [-0.1, -0.05) is 12.1 Å². The van der Waals surface area contributed by atoms with Crippen molar-refractivity contribution in [2.45, 2.75) is 0 Å². The summed E-state index contributed by atoms with van der Waals surface area (Å²) in [5.41, 5.74) is 2.20. The Morgan fingerprint density at radius 1 is 1.15 bits per heavy atom. The van der Waals surface area contributed by atoms with Crippen LogP contribution in [0, 0.1) is 5.82 Å². The van der Waals surface area contributed by atoms with Gasteiger partial charge in [0.1, 0.15) is 18.0 Å². The molecule has 1 aromatic carbocycles. The van der Waals surface area contributed by atoms with Crippen LogP contribution in [0.15, 0.2) is 53.7 Å². The minimum absolute atomic E-state index is 0.214. The molecule has 7 nitrogen and oxygen atoms in total. The second-order valence-electron chi connectivity index (χ2n) is 5.96. The molecule has 0 fully saturated rings. The molecule has 0 aliphatic carbocycles. The average Bonchev–Trinajstić information content (AvgIpc) is 3.02. The zero-order valence-corrected chi connectivity index (χ0v) is 14.1. The molecule has 0 saturated carbocycles. The summed E-state index contributed by atoms with van der Waals surface area (Å²) in [6.45, 7) is 0. The number of halogens is 1. The highest BCUT2D eigenvalue weighted by Crippen LogP contribution is 2.30. The second-order valence-corrected chi connectivity index (χ2v) is 5.96. The van der Waals surface area contributed by atoms with Crippen LogP contribution in [0.5, 0.6) is 0 Å². The van der Waals surface area contributed by atoms with Crippen molar-refractivity contribution in [2.24, 2.45) is 0 Å². The number of aromatic nitrogens is 5. The van der Waals surface area contributed by atoms with Crippen molar-refractivity contribution in [3.63, 3.8) is 0 Å². The Kier molecular flexibility index (Phi) is 3.72. The third-order valence-corrected chi connectivity index (χ3v) is 3.96. The van der Waals surface area contributed by atoms with Gasteiger partial charge in [0.25, 0.3) is 0 Å². The molecule has 0 radical (unpaired) electrons. The molecular weight excluding hydrogens is 335 g/mol. The first-order valence-corrected chi connectivity index (χ1v) is 7.90. The predicted molar refractivity (Wildman–Crippen MR) is 97.0 cm³/mol. The van der Waals surface area contributed by atoms with E-state index in [-0.39, 0.29) is 11.4 Å². The van der Waals surface area contributed by atoms with Gasteiger partial charge in [0.2, 0.25) is 5.56 Å². The summed E-state index contributed by atoms with van der Waals surface area (Å²) < 4.78 is 15.6. The van der Waals surface area contributed by atoms with Gasteiger partial charge >= 0.3 is 0 Å². The first kappa shape index (κ1) is 15.9. The van der Waals surface area contributed by atoms with Gasteiger partial charge in [-0.3, -0.25) is 9.36 Å². The topological polar surface area (TPSA) is 79.7 Å². The van der Waals surface area contributed by atoms with E-state index in [1.807, 2.05) is 19.0 Å². The van der Waals surface area contributed by atoms with E-state index >= 15 is 0 Å². The number of aromatic amines is 1. The molecule has 3 aromatic heterocycles. The summed E-state index contributed by atoms with van der Waals surface area (Å²) in [5.74, 6) is 0.799. The third kappa shape index (κ3) is 2.61. The fraction of sp³-hybridized carbons (Fsp3) is 0.111. The normalized spacial score (nSPS) is 11.0. The van der Waals surface area contributed by atoms with Crippen molar-refractivity contribution in [3.05, 3.63) is 65.1 Å². The zero-order chi connectivity index (χ0) is 18.3. The van der Waals surface area contributed by atoms with E-state index in [0.717, 1.165) is 0 Å². The Morgan fingerprint density at radius 2 is 2.00 bits per heavy atom. The van der Waals surface area contributed by atoms with Crippen LogP contribution in [0.4, 0.5) is 10.2 Å². The van der Waals surface area contributed by atoms with Crippen LogP contribution in [0.25, 0.3) is 28.2 Å². The number of H-pyrrole nitrogens is 1. The number of nitrogens with one attached hydrogen (secondary N) is 1. The standard InChI is InChI=1S/C18H15FN6O/c1-24(2)17-15-18(22-10-21-17)25(13-6-7-14(26)20-9-13)16(23-15)11-4-3-5-12(19)8-11/h3-10H,1-2H3,(H,20,26). The highest BCUT2D eigenvalue weighted by atomic mass is 19.1. The largest absolute Gasteiger partial charge is 0.361 e. The van der Waals surface area contributed by atoms with E-state index < -0.39 is 0 Å². The first-order valence-electron chi connectivity index (χ1n) is 7.90. The summed E-state index contributed by atoms with van der Waals surface area (Å²) in [5, 5.41) is 0. The molecule has 0 bridgehead atoms. The zero-order valence-electron chi connectivity index (χ0n) is 14.1. The van der Waals surface area contributed by atoms with Crippen molar-refractivity contribution in [1.82, 2.24) is 24.5 Å². The van der Waals surface area contributed by atoms with Crippen LogP contribution in [0.3, 0.4) is 0 Å². The molecule has 1 N–H and O–H groups in total.